The van der Waals surface area contributed by atoms with Crippen LogP contribution in [0.4, 0.5) is 5.69 Å². The molecule has 0 saturated heterocycles. The normalized spacial score (nSPS) is 26.4. The minimum atomic E-state index is -0.0947. The molecule has 0 aromatic heterocycles. The third kappa shape index (κ3) is 3.03. The molecule has 1 saturated carbocycles. The molecule has 0 aliphatic heterocycles. The third-order valence-electron chi connectivity index (χ3n) is 4.33. The molecule has 0 radical (unpaired) electrons. The van der Waals surface area contributed by atoms with E-state index in [2.05, 4.69) is 19.2 Å². The van der Waals surface area contributed by atoms with E-state index in [0.29, 0.717) is 28.1 Å². The number of hydrogen-bond donors (Lipinski definition) is 2. The topological polar surface area (TPSA) is 55.1 Å². The first-order valence-corrected chi connectivity index (χ1v) is 7.26. The Morgan fingerprint density at radius 2 is 2.21 bits per heavy atom. The summed E-state index contributed by atoms with van der Waals surface area (Å²) in [5, 5.41) is 3.66. The Morgan fingerprint density at radius 3 is 2.79 bits per heavy atom. The maximum atomic E-state index is 12.2. The average molecular weight is 281 g/mol. The fourth-order valence-electron chi connectivity index (χ4n) is 3.01. The van der Waals surface area contributed by atoms with Crippen LogP contribution in [0.15, 0.2) is 18.2 Å². The second-order valence-electron chi connectivity index (χ2n) is 5.42. The smallest absolute Gasteiger partial charge is 0.253 e. The van der Waals surface area contributed by atoms with Gasteiger partial charge in [-0.3, -0.25) is 4.79 Å². The summed E-state index contributed by atoms with van der Waals surface area (Å²) in [5.41, 5.74) is 6.78. The van der Waals surface area contributed by atoms with Gasteiger partial charge in [0.2, 0.25) is 0 Å². The van der Waals surface area contributed by atoms with Crippen molar-refractivity contribution in [2.75, 3.05) is 5.73 Å². The molecule has 4 heteroatoms. The largest absolute Gasteiger partial charge is 0.398 e. The maximum Gasteiger partial charge on any atom is 0.253 e. The van der Waals surface area contributed by atoms with Crippen molar-refractivity contribution < 1.29 is 4.79 Å². The van der Waals surface area contributed by atoms with Gasteiger partial charge in [-0.05, 0) is 42.9 Å². The number of amides is 1. The molecule has 104 valence electrons. The number of carbonyl (C=O) groups excluding carboxylic acids is 1. The Hall–Kier alpha value is -1.22. The highest BCUT2D eigenvalue weighted by Crippen LogP contribution is 2.34. The van der Waals surface area contributed by atoms with Crippen LogP contribution >= 0.6 is 11.6 Å². The molecule has 1 aromatic rings. The van der Waals surface area contributed by atoms with E-state index in [1.807, 2.05) is 0 Å². The molecule has 19 heavy (non-hydrogen) atoms. The van der Waals surface area contributed by atoms with Crippen molar-refractivity contribution in [1.82, 2.24) is 5.32 Å². The highest BCUT2D eigenvalue weighted by atomic mass is 35.5. The van der Waals surface area contributed by atoms with Crippen LogP contribution in [0.5, 0.6) is 0 Å². The van der Waals surface area contributed by atoms with Crippen LogP contribution in [0.3, 0.4) is 0 Å². The summed E-state index contributed by atoms with van der Waals surface area (Å²) in [7, 11) is 0. The van der Waals surface area contributed by atoms with Gasteiger partial charge in [-0.2, -0.15) is 0 Å². The second-order valence-corrected chi connectivity index (χ2v) is 5.85. The Kier molecular flexibility index (Phi) is 4.35. The first-order chi connectivity index (χ1) is 9.02. The quantitative estimate of drug-likeness (QED) is 0.833. The number of benzene rings is 1. The van der Waals surface area contributed by atoms with Crippen LogP contribution in [0.2, 0.25) is 5.02 Å². The fourth-order valence-corrected chi connectivity index (χ4v) is 3.19. The lowest BCUT2D eigenvalue weighted by atomic mass is 9.93. The van der Waals surface area contributed by atoms with Crippen molar-refractivity contribution in [1.29, 1.82) is 0 Å². The lowest BCUT2D eigenvalue weighted by molar-refractivity contribution is 0.0927. The highest BCUT2D eigenvalue weighted by molar-refractivity contribution is 6.31. The van der Waals surface area contributed by atoms with Gasteiger partial charge in [0.05, 0.1) is 5.56 Å². The van der Waals surface area contributed by atoms with Gasteiger partial charge in [-0.15, -0.1) is 0 Å². The van der Waals surface area contributed by atoms with Crippen molar-refractivity contribution in [2.24, 2.45) is 11.8 Å². The maximum absolute atomic E-state index is 12.2. The van der Waals surface area contributed by atoms with Crippen LogP contribution in [0.1, 0.15) is 43.5 Å². The summed E-state index contributed by atoms with van der Waals surface area (Å²) in [6, 6.07) is 5.25. The number of nitrogen functional groups attached to an aromatic ring is 1. The fraction of sp³-hybridized carbons (Fsp3) is 0.533. The molecule has 3 unspecified atom stereocenters. The Morgan fingerprint density at radius 1 is 1.47 bits per heavy atom. The van der Waals surface area contributed by atoms with E-state index in [1.54, 1.807) is 18.2 Å². The predicted octanol–water partition coefficient (Wildman–Crippen LogP) is 3.48. The van der Waals surface area contributed by atoms with Gasteiger partial charge in [0.25, 0.3) is 5.91 Å². The van der Waals surface area contributed by atoms with E-state index >= 15 is 0 Å². The molecule has 0 bridgehead atoms. The molecule has 1 amide bonds. The van der Waals surface area contributed by atoms with Gasteiger partial charge >= 0.3 is 0 Å². The summed E-state index contributed by atoms with van der Waals surface area (Å²) in [6.45, 7) is 4.43. The molecule has 3 nitrogen and oxygen atoms in total. The first kappa shape index (κ1) is 14.2. The predicted molar refractivity (Wildman–Crippen MR) is 79.3 cm³/mol. The van der Waals surface area contributed by atoms with Gasteiger partial charge in [-0.25, -0.2) is 0 Å². The van der Waals surface area contributed by atoms with Gasteiger partial charge in [0.1, 0.15) is 0 Å². The average Bonchev–Trinajstić information content (AvgIpc) is 2.70. The summed E-state index contributed by atoms with van der Waals surface area (Å²) >= 11 is 5.84. The number of nitrogens with one attached hydrogen (secondary N) is 1. The van der Waals surface area contributed by atoms with Crippen LogP contribution in [0, 0.1) is 11.8 Å². The molecule has 1 fully saturated rings. The molecular formula is C15H21ClN2O. The monoisotopic (exact) mass is 280 g/mol. The van der Waals surface area contributed by atoms with Crippen molar-refractivity contribution in [3.05, 3.63) is 28.8 Å². The minimum Gasteiger partial charge on any atom is -0.398 e. The zero-order chi connectivity index (χ0) is 14.0. The van der Waals surface area contributed by atoms with E-state index in [4.69, 9.17) is 17.3 Å². The Bertz CT molecular complexity index is 475. The van der Waals surface area contributed by atoms with E-state index in [-0.39, 0.29) is 11.9 Å². The lowest BCUT2D eigenvalue weighted by Crippen LogP contribution is -2.37. The van der Waals surface area contributed by atoms with E-state index in [9.17, 15) is 4.79 Å². The zero-order valence-corrected chi connectivity index (χ0v) is 12.2. The number of hydrogen-bond acceptors (Lipinski definition) is 2. The molecule has 3 N–H and O–H groups in total. The second kappa shape index (κ2) is 5.83. The van der Waals surface area contributed by atoms with Crippen LogP contribution in [0.25, 0.3) is 0 Å². The van der Waals surface area contributed by atoms with Crippen molar-refractivity contribution >= 4 is 23.2 Å². The first-order valence-electron chi connectivity index (χ1n) is 6.88. The van der Waals surface area contributed by atoms with Gasteiger partial charge in [0, 0.05) is 16.8 Å². The lowest BCUT2D eigenvalue weighted by Gasteiger charge is -2.21. The van der Waals surface area contributed by atoms with Crippen LogP contribution in [-0.4, -0.2) is 11.9 Å². The van der Waals surface area contributed by atoms with Crippen molar-refractivity contribution in [3.63, 3.8) is 0 Å². The molecule has 0 spiro atoms. The van der Waals surface area contributed by atoms with Crippen LogP contribution in [-0.2, 0) is 0 Å². The number of nitrogens with two attached hydrogens (primary N) is 1. The van der Waals surface area contributed by atoms with E-state index in [0.717, 1.165) is 6.42 Å². The van der Waals surface area contributed by atoms with Crippen molar-refractivity contribution in [3.8, 4) is 0 Å². The van der Waals surface area contributed by atoms with Gasteiger partial charge < -0.3 is 11.1 Å². The standard InChI is InChI=1S/C15H21ClN2O/c1-3-10-4-7-14(9(10)2)18-15(19)12-6-5-11(16)8-13(12)17/h5-6,8-10,14H,3-4,7,17H2,1-2H3,(H,18,19). The number of carbonyl (C=O) groups is 1. The third-order valence-corrected chi connectivity index (χ3v) is 4.56. The van der Waals surface area contributed by atoms with Gasteiger partial charge in [0.15, 0.2) is 0 Å². The summed E-state index contributed by atoms with van der Waals surface area (Å²) < 4.78 is 0. The molecule has 2 rings (SSSR count). The van der Waals surface area contributed by atoms with Gasteiger partial charge in [-0.1, -0.05) is 31.9 Å². The van der Waals surface area contributed by atoms with E-state index < -0.39 is 0 Å². The molecule has 1 aliphatic carbocycles. The summed E-state index contributed by atoms with van der Waals surface area (Å²) in [5.74, 6) is 1.15. The molecule has 3 atom stereocenters. The number of rotatable bonds is 3. The number of anilines is 1. The molecule has 0 heterocycles. The summed E-state index contributed by atoms with van der Waals surface area (Å²) in [4.78, 5) is 12.2. The minimum absolute atomic E-state index is 0.0947. The molecular weight excluding hydrogens is 260 g/mol. The highest BCUT2D eigenvalue weighted by Gasteiger charge is 2.32. The SMILES string of the molecule is CCC1CCC(NC(=O)c2ccc(Cl)cc2N)C1C. The zero-order valence-electron chi connectivity index (χ0n) is 11.4. The Balaban J connectivity index is 2.05. The Labute approximate surface area is 119 Å². The summed E-state index contributed by atoms with van der Waals surface area (Å²) in [6.07, 6.45) is 3.42. The molecule has 1 aliphatic rings. The molecule has 1 aromatic carbocycles. The number of halogens is 1. The van der Waals surface area contributed by atoms with Crippen LogP contribution < -0.4 is 11.1 Å². The van der Waals surface area contributed by atoms with Crippen molar-refractivity contribution in [2.45, 2.75) is 39.2 Å². The van der Waals surface area contributed by atoms with E-state index in [1.165, 1.54) is 12.8 Å².